The molecule has 1 N–H and O–H groups in total. The van der Waals surface area contributed by atoms with E-state index < -0.39 is 21.6 Å². The second-order valence-electron chi connectivity index (χ2n) is 10.4. The van der Waals surface area contributed by atoms with Crippen LogP contribution in [0.25, 0.3) is 0 Å². The summed E-state index contributed by atoms with van der Waals surface area (Å²) in [4.78, 5) is 28.4. The summed E-state index contributed by atoms with van der Waals surface area (Å²) < 4.78 is 37.6. The molecule has 39 heavy (non-hydrogen) atoms. The van der Waals surface area contributed by atoms with E-state index in [0.717, 1.165) is 11.8 Å². The SMILES string of the molecule is CCOc1ccccc1N(CCCC(=O)N(Cc1cccc(OC)c1)[C@H](CC)C(=O)NC(C)(C)C)S(C)(=O)=O. The summed E-state index contributed by atoms with van der Waals surface area (Å²) in [6.45, 7) is 10.1. The van der Waals surface area contributed by atoms with Crippen LogP contribution < -0.4 is 19.1 Å². The van der Waals surface area contributed by atoms with Gasteiger partial charge >= 0.3 is 0 Å². The zero-order valence-corrected chi connectivity index (χ0v) is 25.0. The molecule has 0 fully saturated rings. The third-order valence-corrected chi connectivity index (χ3v) is 7.14. The Morgan fingerprint density at radius 2 is 1.74 bits per heavy atom. The highest BCUT2D eigenvalue weighted by Crippen LogP contribution is 2.30. The molecule has 9 nitrogen and oxygen atoms in total. The van der Waals surface area contributed by atoms with Crippen LogP contribution in [-0.2, 0) is 26.2 Å². The summed E-state index contributed by atoms with van der Waals surface area (Å²) in [5.74, 6) is 0.648. The van der Waals surface area contributed by atoms with Gasteiger partial charge in [0, 0.05) is 25.0 Å². The highest BCUT2D eigenvalue weighted by atomic mass is 32.2. The monoisotopic (exact) mass is 561 g/mol. The zero-order valence-electron chi connectivity index (χ0n) is 24.2. The quantitative estimate of drug-likeness (QED) is 0.367. The van der Waals surface area contributed by atoms with Crippen molar-refractivity contribution < 1.29 is 27.5 Å². The topological polar surface area (TPSA) is 105 Å². The molecule has 0 aromatic heterocycles. The number of carbonyl (C=O) groups excluding carboxylic acids is 2. The van der Waals surface area contributed by atoms with Crippen LogP contribution in [0.3, 0.4) is 0 Å². The van der Waals surface area contributed by atoms with E-state index in [0.29, 0.717) is 30.2 Å². The largest absolute Gasteiger partial charge is 0.497 e. The first-order valence-corrected chi connectivity index (χ1v) is 15.1. The summed E-state index contributed by atoms with van der Waals surface area (Å²) in [7, 11) is -2.06. The molecule has 1 atom stereocenters. The molecule has 0 saturated carbocycles. The Kier molecular flexibility index (Phi) is 11.6. The fourth-order valence-corrected chi connectivity index (χ4v) is 5.23. The van der Waals surface area contributed by atoms with Crippen molar-refractivity contribution in [1.82, 2.24) is 10.2 Å². The minimum Gasteiger partial charge on any atom is -0.497 e. The lowest BCUT2D eigenvalue weighted by Crippen LogP contribution is -2.53. The summed E-state index contributed by atoms with van der Waals surface area (Å²) in [6, 6.07) is 13.6. The number of hydrogen-bond acceptors (Lipinski definition) is 6. The van der Waals surface area contributed by atoms with Crippen molar-refractivity contribution in [2.45, 2.75) is 72.0 Å². The van der Waals surface area contributed by atoms with Gasteiger partial charge in [-0.15, -0.1) is 0 Å². The molecule has 2 aromatic carbocycles. The molecule has 0 unspecified atom stereocenters. The van der Waals surface area contributed by atoms with Gasteiger partial charge in [0.2, 0.25) is 21.8 Å². The number of nitrogens with one attached hydrogen (secondary N) is 1. The second kappa shape index (κ2) is 14.2. The van der Waals surface area contributed by atoms with Crippen LogP contribution in [0.1, 0.15) is 59.4 Å². The van der Waals surface area contributed by atoms with E-state index in [1.165, 1.54) is 4.31 Å². The average molecular weight is 562 g/mol. The molecule has 10 heteroatoms. The number of ether oxygens (including phenoxy) is 2. The Morgan fingerprint density at radius 3 is 2.33 bits per heavy atom. The van der Waals surface area contributed by atoms with E-state index >= 15 is 0 Å². The van der Waals surface area contributed by atoms with Crippen molar-refractivity contribution in [3.05, 3.63) is 54.1 Å². The number of hydrogen-bond donors (Lipinski definition) is 1. The Labute approximate surface area is 233 Å². The number of carbonyl (C=O) groups is 2. The van der Waals surface area contributed by atoms with Gasteiger partial charge in [-0.3, -0.25) is 13.9 Å². The number of rotatable bonds is 14. The molecule has 0 aliphatic carbocycles. The molecule has 2 aromatic rings. The molecule has 0 saturated heterocycles. The molecule has 0 aliphatic rings. The Morgan fingerprint density at radius 1 is 1.05 bits per heavy atom. The molecule has 2 amide bonds. The van der Waals surface area contributed by atoms with Gasteiger partial charge in [0.25, 0.3) is 0 Å². The molecule has 0 heterocycles. The lowest BCUT2D eigenvalue weighted by molar-refractivity contribution is -0.142. The number of amides is 2. The third kappa shape index (κ3) is 9.76. The van der Waals surface area contributed by atoms with Crippen molar-refractivity contribution in [3.8, 4) is 11.5 Å². The van der Waals surface area contributed by atoms with Crippen molar-refractivity contribution in [3.63, 3.8) is 0 Å². The number of sulfonamides is 1. The van der Waals surface area contributed by atoms with Crippen molar-refractivity contribution in [1.29, 1.82) is 0 Å². The van der Waals surface area contributed by atoms with Gasteiger partial charge in [0.1, 0.15) is 17.5 Å². The fraction of sp³-hybridized carbons (Fsp3) is 0.517. The lowest BCUT2D eigenvalue weighted by atomic mass is 10.0. The van der Waals surface area contributed by atoms with Crippen LogP contribution >= 0.6 is 0 Å². The maximum atomic E-state index is 13.6. The second-order valence-corrected chi connectivity index (χ2v) is 12.3. The molecule has 216 valence electrons. The third-order valence-electron chi connectivity index (χ3n) is 5.96. The maximum absolute atomic E-state index is 13.6. The van der Waals surface area contributed by atoms with Crippen LogP contribution in [-0.4, -0.2) is 63.2 Å². The van der Waals surface area contributed by atoms with Crippen LogP contribution in [0.15, 0.2) is 48.5 Å². The first-order valence-electron chi connectivity index (χ1n) is 13.2. The van der Waals surface area contributed by atoms with Crippen LogP contribution in [0.4, 0.5) is 5.69 Å². The number of para-hydroxylation sites is 2. The van der Waals surface area contributed by atoms with Gasteiger partial charge in [0.15, 0.2) is 0 Å². The smallest absolute Gasteiger partial charge is 0.243 e. The van der Waals surface area contributed by atoms with Crippen molar-refractivity contribution in [2.75, 3.05) is 30.8 Å². The fourth-order valence-electron chi connectivity index (χ4n) is 4.26. The van der Waals surface area contributed by atoms with Gasteiger partial charge in [-0.05, 0) is 70.4 Å². The standard InChI is InChI=1S/C29H43N3O6S/c1-8-24(28(34)30-29(3,4)5)31(21-22-14-12-15-23(20-22)37-6)27(33)18-13-19-32(39(7,35)36)25-16-10-11-17-26(25)38-9-2/h10-12,14-17,20,24H,8-9,13,18-19,21H2,1-7H3,(H,30,34)/t24-/m1/s1. The number of methoxy groups -OCH3 is 1. The van der Waals surface area contributed by atoms with Crippen molar-refractivity contribution in [2.24, 2.45) is 0 Å². The average Bonchev–Trinajstić information content (AvgIpc) is 2.85. The van der Waals surface area contributed by atoms with Gasteiger partial charge in [-0.1, -0.05) is 31.2 Å². The molecular formula is C29H43N3O6S. The summed E-state index contributed by atoms with van der Waals surface area (Å²) in [5, 5.41) is 2.99. The van der Waals surface area contributed by atoms with E-state index in [-0.39, 0.29) is 37.7 Å². The first-order chi connectivity index (χ1) is 18.3. The Balaban J connectivity index is 2.29. The van der Waals surface area contributed by atoms with Crippen LogP contribution in [0.5, 0.6) is 11.5 Å². The molecular weight excluding hydrogens is 518 g/mol. The minimum absolute atomic E-state index is 0.0616. The van der Waals surface area contributed by atoms with E-state index in [9.17, 15) is 18.0 Å². The number of anilines is 1. The molecule has 0 radical (unpaired) electrons. The zero-order chi connectivity index (χ0) is 29.2. The van der Waals surface area contributed by atoms with Crippen LogP contribution in [0, 0.1) is 0 Å². The van der Waals surface area contributed by atoms with Gasteiger partial charge in [-0.25, -0.2) is 8.42 Å². The number of benzene rings is 2. The van der Waals surface area contributed by atoms with Gasteiger partial charge in [0.05, 0.1) is 25.7 Å². The van der Waals surface area contributed by atoms with E-state index in [2.05, 4.69) is 5.32 Å². The van der Waals surface area contributed by atoms with Crippen molar-refractivity contribution >= 4 is 27.5 Å². The highest BCUT2D eigenvalue weighted by Gasteiger charge is 2.31. The molecule has 0 aliphatic heterocycles. The Hall–Kier alpha value is -3.27. The normalized spacial score (nSPS) is 12.4. The highest BCUT2D eigenvalue weighted by molar-refractivity contribution is 7.92. The summed E-state index contributed by atoms with van der Waals surface area (Å²) in [5.41, 5.74) is 0.797. The Bertz CT molecular complexity index is 1210. The first kappa shape index (κ1) is 31.9. The predicted octanol–water partition coefficient (Wildman–Crippen LogP) is 4.36. The van der Waals surface area contributed by atoms with Crippen LogP contribution in [0.2, 0.25) is 0 Å². The van der Waals surface area contributed by atoms with E-state index in [4.69, 9.17) is 9.47 Å². The molecule has 2 rings (SSSR count). The van der Waals surface area contributed by atoms with E-state index in [1.54, 1.807) is 36.3 Å². The predicted molar refractivity (Wildman–Crippen MR) is 155 cm³/mol. The summed E-state index contributed by atoms with van der Waals surface area (Å²) >= 11 is 0. The van der Waals surface area contributed by atoms with E-state index in [1.807, 2.05) is 58.9 Å². The molecule has 0 spiro atoms. The minimum atomic E-state index is -3.64. The lowest BCUT2D eigenvalue weighted by Gasteiger charge is -2.33. The molecule has 0 bridgehead atoms. The summed E-state index contributed by atoms with van der Waals surface area (Å²) in [6.07, 6.45) is 1.88. The maximum Gasteiger partial charge on any atom is 0.243 e. The van der Waals surface area contributed by atoms with Gasteiger partial charge < -0.3 is 19.7 Å². The number of nitrogens with zero attached hydrogens (tertiary/aromatic N) is 2. The van der Waals surface area contributed by atoms with Gasteiger partial charge in [-0.2, -0.15) is 0 Å².